The normalized spacial score (nSPS) is 12.5. The van der Waals surface area contributed by atoms with Crippen LogP contribution in [0.5, 0.6) is 0 Å². The predicted octanol–water partition coefficient (Wildman–Crippen LogP) is 1.80. The second-order valence-corrected chi connectivity index (χ2v) is 2.74. The average molecular weight is 211 g/mol. The van der Waals surface area contributed by atoms with E-state index >= 15 is 0 Å². The monoisotopic (exact) mass is 210 g/mol. The van der Waals surface area contributed by atoms with Gasteiger partial charge in [0.25, 0.3) is 0 Å². The van der Waals surface area contributed by atoms with Crippen LogP contribution in [0.3, 0.4) is 0 Å². The molecule has 0 heterocycles. The van der Waals surface area contributed by atoms with Gasteiger partial charge < -0.3 is 14.2 Å². The van der Waals surface area contributed by atoms with Gasteiger partial charge in [0, 0.05) is 18.2 Å². The lowest BCUT2D eigenvalue weighted by Gasteiger charge is -2.11. The first kappa shape index (κ1) is 12.7. The molecule has 0 fully saturated rings. The van der Waals surface area contributed by atoms with Gasteiger partial charge in [-0.1, -0.05) is 0 Å². The van der Waals surface area contributed by atoms with Crippen molar-refractivity contribution in [2.24, 2.45) is 0 Å². The lowest BCUT2D eigenvalue weighted by atomic mass is 10.4. The minimum atomic E-state index is -0.804. The van der Waals surface area contributed by atoms with Gasteiger partial charge in [-0.2, -0.15) is 0 Å². The zero-order valence-corrected chi connectivity index (χ0v) is 8.67. The fourth-order valence-electron chi connectivity index (χ4n) is 0.763. The third-order valence-electron chi connectivity index (χ3n) is 1.25. The Labute approximate surface area is 83.1 Å². The highest BCUT2D eigenvalue weighted by Crippen LogP contribution is 1.92. The zero-order chi connectivity index (χ0) is 10.1. The number of ether oxygens (including phenoxy) is 3. The second-order valence-electron chi connectivity index (χ2n) is 2.43. The van der Waals surface area contributed by atoms with Crippen molar-refractivity contribution < 1.29 is 19.0 Å². The summed E-state index contributed by atoms with van der Waals surface area (Å²) < 4.78 is 14.8. The Morgan fingerprint density at radius 1 is 1.46 bits per heavy atom. The molecule has 0 aliphatic carbocycles. The summed E-state index contributed by atoms with van der Waals surface area (Å²) in [6.07, 6.45) is 0.0664. The van der Waals surface area contributed by atoms with Gasteiger partial charge in [0.2, 0.25) is 0 Å². The number of hydrogen-bond acceptors (Lipinski definition) is 4. The molecule has 0 saturated carbocycles. The van der Waals surface area contributed by atoms with E-state index in [1.165, 1.54) is 0 Å². The molecule has 78 valence electrons. The van der Waals surface area contributed by atoms with E-state index in [-0.39, 0.29) is 12.7 Å². The molecule has 13 heavy (non-hydrogen) atoms. The van der Waals surface area contributed by atoms with Gasteiger partial charge in [-0.05, 0) is 13.8 Å². The van der Waals surface area contributed by atoms with E-state index in [2.05, 4.69) is 4.74 Å². The van der Waals surface area contributed by atoms with Crippen molar-refractivity contribution in [1.82, 2.24) is 0 Å². The van der Waals surface area contributed by atoms with Crippen LogP contribution in [0.2, 0.25) is 0 Å². The molecule has 0 aliphatic heterocycles. The summed E-state index contributed by atoms with van der Waals surface area (Å²) >= 11 is 4.93. The molecule has 4 nitrogen and oxygen atoms in total. The third-order valence-corrected chi connectivity index (χ3v) is 1.36. The Morgan fingerprint density at radius 3 is 2.69 bits per heavy atom. The Kier molecular flexibility index (Phi) is 8.08. The van der Waals surface area contributed by atoms with Crippen molar-refractivity contribution in [3.63, 3.8) is 0 Å². The molecule has 0 radical (unpaired) electrons. The molecule has 1 unspecified atom stereocenters. The number of carbonyl (C=O) groups is 1. The number of carbonyl (C=O) groups excluding carboxylic acids is 1. The molecular formula is C8H15ClO4. The molecule has 0 rings (SSSR count). The average Bonchev–Trinajstić information content (AvgIpc) is 2.03. The van der Waals surface area contributed by atoms with Crippen LogP contribution in [0.4, 0.5) is 4.79 Å². The van der Waals surface area contributed by atoms with Crippen LogP contribution in [-0.2, 0) is 14.2 Å². The Bertz CT molecular complexity index is 140. The number of hydrogen-bond donors (Lipinski definition) is 0. The predicted molar refractivity (Wildman–Crippen MR) is 49.1 cm³/mol. The van der Waals surface area contributed by atoms with Crippen molar-refractivity contribution in [1.29, 1.82) is 0 Å². The maximum Gasteiger partial charge on any atom is 0.403 e. The molecule has 0 aliphatic rings. The summed E-state index contributed by atoms with van der Waals surface area (Å²) in [6, 6.07) is 0. The van der Waals surface area contributed by atoms with Crippen LogP contribution in [0.25, 0.3) is 0 Å². The Hall–Kier alpha value is -0.320. The summed E-state index contributed by atoms with van der Waals surface area (Å²) in [6.45, 7) is 5.52. The summed E-state index contributed by atoms with van der Waals surface area (Å²) in [5.41, 5.74) is -0.804. The molecule has 0 spiro atoms. The molecule has 0 saturated heterocycles. The van der Waals surface area contributed by atoms with E-state index in [1.54, 1.807) is 0 Å². The number of halogens is 1. The second kappa shape index (κ2) is 8.29. The van der Waals surface area contributed by atoms with Crippen LogP contribution in [0.1, 0.15) is 13.8 Å². The van der Waals surface area contributed by atoms with E-state index in [0.29, 0.717) is 19.8 Å². The van der Waals surface area contributed by atoms with E-state index in [0.717, 1.165) is 0 Å². The van der Waals surface area contributed by atoms with Crippen molar-refractivity contribution in [3.05, 3.63) is 0 Å². The van der Waals surface area contributed by atoms with Crippen LogP contribution < -0.4 is 0 Å². The maximum atomic E-state index is 10.1. The fraction of sp³-hybridized carbons (Fsp3) is 0.875. The maximum absolute atomic E-state index is 10.1. The minimum absolute atomic E-state index is 0.0664. The molecule has 0 aromatic carbocycles. The topological polar surface area (TPSA) is 44.8 Å². The zero-order valence-electron chi connectivity index (χ0n) is 7.92. The van der Waals surface area contributed by atoms with Crippen LogP contribution >= 0.6 is 11.6 Å². The molecule has 0 N–H and O–H groups in total. The fourth-order valence-corrected chi connectivity index (χ4v) is 0.840. The van der Waals surface area contributed by atoms with Crippen LogP contribution in [-0.4, -0.2) is 38.0 Å². The molecule has 5 heteroatoms. The summed E-state index contributed by atoms with van der Waals surface area (Å²) in [5.74, 6) is 0. The lowest BCUT2D eigenvalue weighted by Crippen LogP contribution is -2.17. The first-order valence-corrected chi connectivity index (χ1v) is 4.56. The summed E-state index contributed by atoms with van der Waals surface area (Å²) in [7, 11) is 0. The van der Waals surface area contributed by atoms with Crippen molar-refractivity contribution in [2.75, 3.05) is 26.4 Å². The van der Waals surface area contributed by atoms with Crippen molar-refractivity contribution in [2.45, 2.75) is 20.0 Å². The molecule has 0 aromatic heterocycles. The standard InChI is InChI=1S/C8H15ClO4/c1-3-12-7(2)6-11-4-5-13-8(9)10/h7H,3-6H2,1-2H3. The highest BCUT2D eigenvalue weighted by molar-refractivity contribution is 6.61. The van der Waals surface area contributed by atoms with E-state index < -0.39 is 5.43 Å². The van der Waals surface area contributed by atoms with Gasteiger partial charge in [0.15, 0.2) is 0 Å². The SMILES string of the molecule is CCOC(C)COCCOC(=O)Cl. The van der Waals surface area contributed by atoms with Gasteiger partial charge in [-0.25, -0.2) is 4.79 Å². The first-order valence-electron chi connectivity index (χ1n) is 4.18. The first-order chi connectivity index (χ1) is 6.16. The van der Waals surface area contributed by atoms with Gasteiger partial charge in [0.1, 0.15) is 6.61 Å². The molecule has 0 amide bonds. The summed E-state index contributed by atoms with van der Waals surface area (Å²) in [4.78, 5) is 10.1. The number of rotatable bonds is 7. The minimum Gasteiger partial charge on any atom is -0.451 e. The lowest BCUT2D eigenvalue weighted by molar-refractivity contribution is -0.0106. The van der Waals surface area contributed by atoms with Gasteiger partial charge >= 0.3 is 5.43 Å². The molecule has 1 atom stereocenters. The summed E-state index contributed by atoms with van der Waals surface area (Å²) in [5, 5.41) is 0. The third kappa shape index (κ3) is 9.60. The highest BCUT2D eigenvalue weighted by atomic mass is 35.5. The Morgan fingerprint density at radius 2 is 2.15 bits per heavy atom. The molecule has 0 bridgehead atoms. The van der Waals surface area contributed by atoms with E-state index in [1.807, 2.05) is 13.8 Å². The quantitative estimate of drug-likeness (QED) is 0.475. The largest absolute Gasteiger partial charge is 0.451 e. The van der Waals surface area contributed by atoms with Crippen molar-refractivity contribution >= 4 is 17.0 Å². The van der Waals surface area contributed by atoms with E-state index in [4.69, 9.17) is 21.1 Å². The van der Waals surface area contributed by atoms with Gasteiger partial charge in [-0.3, -0.25) is 0 Å². The van der Waals surface area contributed by atoms with Gasteiger partial charge in [-0.15, -0.1) is 0 Å². The van der Waals surface area contributed by atoms with Crippen molar-refractivity contribution in [3.8, 4) is 0 Å². The Balaban J connectivity index is 3.11. The highest BCUT2D eigenvalue weighted by Gasteiger charge is 2.00. The van der Waals surface area contributed by atoms with E-state index in [9.17, 15) is 4.79 Å². The van der Waals surface area contributed by atoms with Crippen LogP contribution in [0.15, 0.2) is 0 Å². The smallest absolute Gasteiger partial charge is 0.403 e. The van der Waals surface area contributed by atoms with Gasteiger partial charge in [0.05, 0.1) is 19.3 Å². The van der Waals surface area contributed by atoms with Crippen LogP contribution in [0, 0.1) is 0 Å². The molecular weight excluding hydrogens is 196 g/mol. The molecule has 0 aromatic rings.